The second-order valence-electron chi connectivity index (χ2n) is 6.89. The number of aliphatic hydroxyl groups is 1. The van der Waals surface area contributed by atoms with Gasteiger partial charge in [0.05, 0.1) is 18.3 Å². The second kappa shape index (κ2) is 5.37. The Morgan fingerprint density at radius 1 is 1.33 bits per heavy atom. The van der Waals surface area contributed by atoms with E-state index in [-0.39, 0.29) is 12.7 Å². The highest BCUT2D eigenvalue weighted by Gasteiger charge is 2.46. The van der Waals surface area contributed by atoms with E-state index in [0.29, 0.717) is 18.2 Å². The molecule has 1 N–H and O–H groups in total. The molecular formula is C13H25BrNO3. The molecule has 1 aliphatic rings. The Balaban J connectivity index is 2.64. The first-order valence-electron chi connectivity index (χ1n) is 6.38. The smallest absolute Gasteiger partial charge is 0.0948 e. The van der Waals surface area contributed by atoms with Crippen LogP contribution in [0.4, 0.5) is 0 Å². The summed E-state index contributed by atoms with van der Waals surface area (Å²) in [7, 11) is 0. The number of hydrogen-bond acceptors (Lipinski definition) is 3. The van der Waals surface area contributed by atoms with Gasteiger partial charge in [0.25, 0.3) is 0 Å². The van der Waals surface area contributed by atoms with Gasteiger partial charge in [0.1, 0.15) is 0 Å². The molecule has 1 heterocycles. The predicted octanol–water partition coefficient (Wildman–Crippen LogP) is 2.52. The van der Waals surface area contributed by atoms with Gasteiger partial charge in [-0.2, -0.15) is 0 Å². The Kier molecular flexibility index (Phi) is 4.88. The summed E-state index contributed by atoms with van der Waals surface area (Å²) >= 11 is 3.26. The molecule has 0 saturated carbocycles. The highest BCUT2D eigenvalue weighted by atomic mass is 79.9. The highest BCUT2D eigenvalue weighted by molar-refractivity contribution is 9.09. The topological polar surface area (TPSA) is 52.6 Å². The number of ether oxygens (including phenoxy) is 1. The molecule has 0 aromatic heterocycles. The molecule has 4 nitrogen and oxygen atoms in total. The zero-order valence-electron chi connectivity index (χ0n) is 12.0. The van der Waals surface area contributed by atoms with Gasteiger partial charge < -0.3 is 9.84 Å². The summed E-state index contributed by atoms with van der Waals surface area (Å²) in [6, 6.07) is 0. The minimum atomic E-state index is -0.858. The zero-order chi connectivity index (χ0) is 14.2. The molecule has 0 bridgehead atoms. The van der Waals surface area contributed by atoms with Crippen LogP contribution in [0.2, 0.25) is 0 Å². The molecule has 1 fully saturated rings. The van der Waals surface area contributed by atoms with Gasteiger partial charge in [0.2, 0.25) is 0 Å². The summed E-state index contributed by atoms with van der Waals surface area (Å²) in [5.74, 6) is 0. The maximum atomic E-state index is 12.2. The Morgan fingerprint density at radius 3 is 2.17 bits per heavy atom. The van der Waals surface area contributed by atoms with Crippen molar-refractivity contribution in [1.82, 2.24) is 5.06 Å². The largest absolute Gasteiger partial charge is 0.387 e. The van der Waals surface area contributed by atoms with Crippen LogP contribution in [0, 0.1) is 0 Å². The van der Waals surface area contributed by atoms with E-state index < -0.39 is 16.7 Å². The number of hydroxylamine groups is 2. The van der Waals surface area contributed by atoms with E-state index in [9.17, 15) is 10.3 Å². The van der Waals surface area contributed by atoms with Crippen molar-refractivity contribution in [3.05, 3.63) is 0 Å². The van der Waals surface area contributed by atoms with Crippen molar-refractivity contribution < 1.29 is 15.1 Å². The van der Waals surface area contributed by atoms with Crippen LogP contribution < -0.4 is 0 Å². The van der Waals surface area contributed by atoms with Crippen molar-refractivity contribution >= 4 is 15.9 Å². The number of halogens is 1. The van der Waals surface area contributed by atoms with Gasteiger partial charge >= 0.3 is 0 Å². The Bertz CT molecular complexity index is 274. The lowest BCUT2D eigenvalue weighted by atomic mass is 9.80. The summed E-state index contributed by atoms with van der Waals surface area (Å²) in [4.78, 5) is 0. The number of rotatable bonds is 4. The SMILES string of the molecule is CC(O)(CBr)COC1CC(C)(C)N([O])C(C)(C)C1. The van der Waals surface area contributed by atoms with Crippen LogP contribution >= 0.6 is 15.9 Å². The van der Waals surface area contributed by atoms with Gasteiger partial charge in [-0.15, -0.1) is 10.3 Å². The van der Waals surface area contributed by atoms with Gasteiger partial charge in [-0.05, 0) is 47.5 Å². The fourth-order valence-electron chi connectivity index (χ4n) is 2.63. The van der Waals surface area contributed by atoms with Crippen molar-refractivity contribution in [2.24, 2.45) is 0 Å². The molecule has 1 saturated heterocycles. The van der Waals surface area contributed by atoms with Gasteiger partial charge in [-0.25, -0.2) is 0 Å². The van der Waals surface area contributed by atoms with E-state index in [1.165, 1.54) is 5.06 Å². The van der Waals surface area contributed by atoms with Crippen molar-refractivity contribution in [2.45, 2.75) is 70.2 Å². The molecular weight excluding hydrogens is 298 g/mol. The van der Waals surface area contributed by atoms with E-state index in [0.717, 1.165) is 0 Å². The molecule has 5 heteroatoms. The van der Waals surface area contributed by atoms with Crippen LogP contribution in [0.25, 0.3) is 0 Å². The average molecular weight is 323 g/mol. The summed E-state index contributed by atoms with van der Waals surface area (Å²) in [5.41, 5.74) is -1.71. The Labute approximate surface area is 118 Å². The molecule has 1 aliphatic heterocycles. The molecule has 0 aromatic rings. The molecule has 0 aromatic carbocycles. The van der Waals surface area contributed by atoms with Crippen molar-refractivity contribution in [3.63, 3.8) is 0 Å². The zero-order valence-corrected chi connectivity index (χ0v) is 13.6. The van der Waals surface area contributed by atoms with Gasteiger partial charge in [-0.3, -0.25) is 0 Å². The molecule has 1 unspecified atom stereocenters. The predicted molar refractivity (Wildman–Crippen MR) is 74.1 cm³/mol. The van der Waals surface area contributed by atoms with Crippen LogP contribution in [0.15, 0.2) is 0 Å². The second-order valence-corrected chi connectivity index (χ2v) is 7.45. The summed E-state index contributed by atoms with van der Waals surface area (Å²) in [6.07, 6.45) is 1.40. The maximum absolute atomic E-state index is 12.2. The van der Waals surface area contributed by atoms with Crippen LogP contribution in [-0.4, -0.2) is 44.9 Å². The van der Waals surface area contributed by atoms with Gasteiger partial charge in [0.15, 0.2) is 0 Å². The molecule has 1 radical (unpaired) electrons. The summed E-state index contributed by atoms with van der Waals surface area (Å²) in [5, 5.41) is 23.8. The molecule has 0 aliphatic carbocycles. The van der Waals surface area contributed by atoms with E-state index >= 15 is 0 Å². The first-order chi connectivity index (χ1) is 8.00. The van der Waals surface area contributed by atoms with Crippen LogP contribution in [0.1, 0.15) is 47.5 Å². The molecule has 1 rings (SSSR count). The van der Waals surface area contributed by atoms with Gasteiger partial charge in [-0.1, -0.05) is 15.9 Å². The summed E-state index contributed by atoms with van der Waals surface area (Å²) in [6.45, 7) is 9.80. The van der Waals surface area contributed by atoms with Crippen molar-refractivity contribution in [3.8, 4) is 0 Å². The fourth-order valence-corrected chi connectivity index (χ4v) is 2.79. The Morgan fingerprint density at radius 2 is 1.78 bits per heavy atom. The number of piperidine rings is 1. The number of nitrogens with zero attached hydrogens (tertiary/aromatic N) is 1. The third kappa shape index (κ3) is 3.90. The lowest BCUT2D eigenvalue weighted by Gasteiger charge is -2.49. The lowest BCUT2D eigenvalue weighted by molar-refractivity contribution is -0.302. The first-order valence-corrected chi connectivity index (χ1v) is 7.50. The monoisotopic (exact) mass is 322 g/mol. The minimum absolute atomic E-state index is 0.0192. The van der Waals surface area contributed by atoms with E-state index in [1.807, 2.05) is 27.7 Å². The lowest BCUT2D eigenvalue weighted by Crippen LogP contribution is -2.60. The van der Waals surface area contributed by atoms with E-state index in [1.54, 1.807) is 6.92 Å². The molecule has 0 spiro atoms. The van der Waals surface area contributed by atoms with Crippen molar-refractivity contribution in [1.29, 1.82) is 0 Å². The first kappa shape index (κ1) is 16.4. The average Bonchev–Trinajstić information content (AvgIpc) is 2.22. The number of alkyl halides is 1. The highest BCUT2D eigenvalue weighted by Crippen LogP contribution is 2.38. The van der Waals surface area contributed by atoms with E-state index in [4.69, 9.17) is 4.74 Å². The maximum Gasteiger partial charge on any atom is 0.0948 e. The normalized spacial score (nSPS) is 28.0. The third-order valence-corrected chi connectivity index (χ3v) is 4.68. The van der Waals surface area contributed by atoms with Crippen molar-refractivity contribution in [2.75, 3.05) is 11.9 Å². The summed E-state index contributed by atoms with van der Waals surface area (Å²) < 4.78 is 5.81. The van der Waals surface area contributed by atoms with E-state index in [2.05, 4.69) is 15.9 Å². The minimum Gasteiger partial charge on any atom is -0.387 e. The quantitative estimate of drug-likeness (QED) is 0.809. The third-order valence-electron chi connectivity index (χ3n) is 3.47. The molecule has 1 atom stereocenters. The fraction of sp³-hybridized carbons (Fsp3) is 1.00. The van der Waals surface area contributed by atoms with Crippen LogP contribution in [0.5, 0.6) is 0 Å². The van der Waals surface area contributed by atoms with Gasteiger partial charge in [0, 0.05) is 16.4 Å². The molecule has 0 amide bonds. The number of hydrogen-bond donors (Lipinski definition) is 1. The van der Waals surface area contributed by atoms with Crippen LogP contribution in [-0.2, 0) is 9.94 Å². The molecule has 107 valence electrons. The molecule has 18 heavy (non-hydrogen) atoms. The van der Waals surface area contributed by atoms with Crippen LogP contribution in [0.3, 0.4) is 0 Å². The Hall–Kier alpha value is 0.320. The standard InChI is InChI=1S/C13H25BrNO3/c1-11(2)6-10(7-12(3,4)15(11)17)18-9-13(5,16)8-14/h10,16H,6-9H2,1-5H3.